The predicted molar refractivity (Wildman–Crippen MR) is 367 cm³/mol. The molecule has 6 atom stereocenters. The molecule has 17 nitrogen and oxygen atoms in total. The van der Waals surface area contributed by atoms with Crippen molar-refractivity contribution in [3.63, 3.8) is 0 Å². The Morgan fingerprint density at radius 2 is 0.527 bits per heavy atom. The maximum Gasteiger partial charge on any atom is 0.472 e. The summed E-state index contributed by atoms with van der Waals surface area (Å²) in [5, 5.41) is 10.6. The van der Waals surface area contributed by atoms with E-state index >= 15 is 0 Å². The van der Waals surface area contributed by atoms with Crippen LogP contribution in [0.5, 0.6) is 0 Å². The van der Waals surface area contributed by atoms with Gasteiger partial charge in [-0.25, -0.2) is 9.13 Å². The molecule has 540 valence electrons. The Balaban J connectivity index is 5.22. The number of rotatable bonds is 69. The van der Waals surface area contributed by atoms with Gasteiger partial charge in [0.05, 0.1) is 26.4 Å². The fourth-order valence-corrected chi connectivity index (χ4v) is 12.4. The zero-order valence-corrected chi connectivity index (χ0v) is 61.3. The second-order valence-corrected chi connectivity index (χ2v) is 30.6. The van der Waals surface area contributed by atoms with Crippen molar-refractivity contribution in [3.8, 4) is 0 Å². The molecule has 0 aliphatic carbocycles. The lowest BCUT2D eigenvalue weighted by Gasteiger charge is -2.21. The molecule has 0 spiro atoms. The molecular weight excluding hydrogens is 1200 g/mol. The molecule has 0 amide bonds. The first-order chi connectivity index (χ1) is 43.6. The molecule has 0 aliphatic rings. The molecule has 4 unspecified atom stereocenters. The van der Waals surface area contributed by atoms with Crippen LogP contribution < -0.4 is 0 Å². The van der Waals surface area contributed by atoms with E-state index in [1.165, 1.54) is 154 Å². The summed E-state index contributed by atoms with van der Waals surface area (Å²) in [4.78, 5) is 72.6. The standard InChI is InChI=1S/C72H140O17P2/c1-9-65(8)51-43-35-30-31-39-47-55-72(77)89-68(59-82-69(74)52-44-36-27-21-17-12-10-11-15-19-24-32-40-48-62(2)3)61-87-91(80,81)85-57-66(73)56-84-90(78,79)86-60-67(58-83-70(75)53-45-37-29-23-26-34-42-50-64(6)7)88-71(76)54-46-38-28-22-18-14-13-16-20-25-33-41-49-63(4)5/h62-68,73H,9-61H2,1-8H3,(H,78,79)(H,80,81)/t65?,66?,67-,68-/m1/s1. The number of hydrogen-bond acceptors (Lipinski definition) is 15. The maximum atomic E-state index is 13.0. The van der Waals surface area contributed by atoms with Crippen molar-refractivity contribution in [3.05, 3.63) is 0 Å². The molecule has 3 N–H and O–H groups in total. The highest BCUT2D eigenvalue weighted by Gasteiger charge is 2.30. The summed E-state index contributed by atoms with van der Waals surface area (Å²) in [5.74, 6) is 0.863. The summed E-state index contributed by atoms with van der Waals surface area (Å²) in [6, 6.07) is 0. The molecule has 0 aromatic carbocycles. The Bertz CT molecular complexity index is 1800. The summed E-state index contributed by atoms with van der Waals surface area (Å²) in [7, 11) is -9.91. The fraction of sp³-hybridized carbons (Fsp3) is 0.944. The van der Waals surface area contributed by atoms with Gasteiger partial charge in [0, 0.05) is 25.7 Å². The number of aliphatic hydroxyl groups excluding tert-OH is 1. The van der Waals surface area contributed by atoms with Crippen LogP contribution in [0.15, 0.2) is 0 Å². The summed E-state index contributed by atoms with van der Waals surface area (Å²) < 4.78 is 68.3. The molecule has 0 heterocycles. The van der Waals surface area contributed by atoms with Crippen LogP contribution in [0, 0.1) is 23.7 Å². The molecule has 0 fully saturated rings. The summed E-state index contributed by atoms with van der Waals surface area (Å²) in [6.45, 7) is 14.1. The quantitative estimate of drug-likeness (QED) is 0.0222. The molecule has 0 saturated heterocycles. The zero-order chi connectivity index (χ0) is 67.5. The van der Waals surface area contributed by atoms with Crippen LogP contribution in [0.25, 0.3) is 0 Å². The fourth-order valence-electron chi connectivity index (χ4n) is 10.8. The van der Waals surface area contributed by atoms with Gasteiger partial charge in [-0.3, -0.25) is 37.3 Å². The van der Waals surface area contributed by atoms with Gasteiger partial charge in [0.1, 0.15) is 19.3 Å². The van der Waals surface area contributed by atoms with E-state index in [9.17, 15) is 43.2 Å². The highest BCUT2D eigenvalue weighted by atomic mass is 31.2. The average molecular weight is 1340 g/mol. The first kappa shape index (κ1) is 89.1. The Labute approximate surface area is 556 Å². The second-order valence-electron chi connectivity index (χ2n) is 27.6. The number of carbonyl (C=O) groups excluding carboxylic acids is 4. The predicted octanol–water partition coefficient (Wildman–Crippen LogP) is 20.5. The van der Waals surface area contributed by atoms with E-state index in [2.05, 4.69) is 55.4 Å². The molecule has 91 heavy (non-hydrogen) atoms. The lowest BCUT2D eigenvalue weighted by atomic mass is 10.00. The number of carbonyl (C=O) groups is 4. The van der Waals surface area contributed by atoms with Gasteiger partial charge >= 0.3 is 39.5 Å². The van der Waals surface area contributed by atoms with Crippen LogP contribution in [0.4, 0.5) is 0 Å². The minimum Gasteiger partial charge on any atom is -0.462 e. The molecule has 0 saturated carbocycles. The van der Waals surface area contributed by atoms with Crippen molar-refractivity contribution in [2.45, 2.75) is 375 Å². The van der Waals surface area contributed by atoms with E-state index in [0.29, 0.717) is 31.6 Å². The third-order valence-electron chi connectivity index (χ3n) is 16.9. The van der Waals surface area contributed by atoms with Crippen LogP contribution in [0.1, 0.15) is 357 Å². The second kappa shape index (κ2) is 61.6. The van der Waals surface area contributed by atoms with Crippen LogP contribution in [-0.2, 0) is 65.4 Å². The van der Waals surface area contributed by atoms with Crippen molar-refractivity contribution in [1.82, 2.24) is 0 Å². The monoisotopic (exact) mass is 1340 g/mol. The summed E-state index contributed by atoms with van der Waals surface area (Å²) in [5.41, 5.74) is 0. The number of phosphoric ester groups is 2. The third kappa shape index (κ3) is 65.1. The Morgan fingerprint density at radius 1 is 0.308 bits per heavy atom. The van der Waals surface area contributed by atoms with Gasteiger partial charge in [0.15, 0.2) is 12.2 Å². The lowest BCUT2D eigenvalue weighted by molar-refractivity contribution is -0.161. The highest BCUT2D eigenvalue weighted by Crippen LogP contribution is 2.45. The number of hydrogen-bond donors (Lipinski definition) is 3. The van der Waals surface area contributed by atoms with Gasteiger partial charge in [0.25, 0.3) is 0 Å². The van der Waals surface area contributed by atoms with Gasteiger partial charge in [-0.15, -0.1) is 0 Å². The van der Waals surface area contributed by atoms with E-state index in [0.717, 1.165) is 114 Å². The van der Waals surface area contributed by atoms with E-state index in [1.54, 1.807) is 0 Å². The van der Waals surface area contributed by atoms with Gasteiger partial charge in [-0.2, -0.15) is 0 Å². The van der Waals surface area contributed by atoms with Crippen LogP contribution in [-0.4, -0.2) is 96.7 Å². The Kier molecular flexibility index (Phi) is 60.3. The van der Waals surface area contributed by atoms with Gasteiger partial charge in [-0.1, -0.05) is 306 Å². The topological polar surface area (TPSA) is 237 Å². The normalized spacial score (nSPS) is 14.5. The first-order valence-corrected chi connectivity index (χ1v) is 40.2. The zero-order valence-electron chi connectivity index (χ0n) is 59.5. The van der Waals surface area contributed by atoms with Crippen molar-refractivity contribution >= 4 is 39.5 Å². The number of phosphoric acid groups is 2. The van der Waals surface area contributed by atoms with E-state index in [4.69, 9.17) is 37.0 Å². The number of esters is 4. The summed E-state index contributed by atoms with van der Waals surface area (Å²) >= 11 is 0. The van der Waals surface area contributed by atoms with E-state index in [-0.39, 0.29) is 25.7 Å². The maximum absolute atomic E-state index is 13.0. The molecule has 0 rings (SSSR count). The van der Waals surface area contributed by atoms with Crippen molar-refractivity contribution in [2.75, 3.05) is 39.6 Å². The third-order valence-corrected chi connectivity index (χ3v) is 18.8. The van der Waals surface area contributed by atoms with Crippen LogP contribution in [0.3, 0.4) is 0 Å². The van der Waals surface area contributed by atoms with Crippen LogP contribution >= 0.6 is 15.6 Å². The molecule has 0 aromatic heterocycles. The van der Waals surface area contributed by atoms with Gasteiger partial charge in [-0.05, 0) is 49.4 Å². The lowest BCUT2D eigenvalue weighted by Crippen LogP contribution is -2.30. The number of aliphatic hydroxyl groups is 1. The summed E-state index contributed by atoms with van der Waals surface area (Å²) in [6.07, 6.45) is 44.5. The molecular formula is C72H140O17P2. The van der Waals surface area contributed by atoms with Crippen molar-refractivity contribution < 1.29 is 80.2 Å². The van der Waals surface area contributed by atoms with Crippen LogP contribution in [0.2, 0.25) is 0 Å². The Morgan fingerprint density at radius 3 is 0.780 bits per heavy atom. The van der Waals surface area contributed by atoms with E-state index in [1.807, 2.05) is 0 Å². The number of ether oxygens (including phenoxy) is 4. The number of unbranched alkanes of at least 4 members (excludes halogenated alkanes) is 34. The largest absolute Gasteiger partial charge is 0.472 e. The SMILES string of the molecule is CCC(C)CCCCCCCCC(=O)O[C@H](COC(=O)CCCCCCCCCCCCCCCC(C)C)COP(=O)(O)OCC(O)COP(=O)(O)OC[C@@H](COC(=O)CCCCCCCCCC(C)C)OC(=O)CCCCCCCCCCCCCCC(C)C. The van der Waals surface area contributed by atoms with Gasteiger partial charge < -0.3 is 33.8 Å². The van der Waals surface area contributed by atoms with Crippen molar-refractivity contribution in [2.24, 2.45) is 23.7 Å². The molecule has 19 heteroatoms. The van der Waals surface area contributed by atoms with Gasteiger partial charge in [0.2, 0.25) is 0 Å². The molecule has 0 aliphatic heterocycles. The molecule has 0 bridgehead atoms. The first-order valence-electron chi connectivity index (χ1n) is 37.2. The van der Waals surface area contributed by atoms with Crippen molar-refractivity contribution in [1.29, 1.82) is 0 Å². The highest BCUT2D eigenvalue weighted by molar-refractivity contribution is 7.47. The molecule has 0 radical (unpaired) electrons. The minimum atomic E-state index is -4.95. The minimum absolute atomic E-state index is 0.103. The van der Waals surface area contributed by atoms with E-state index < -0.39 is 97.5 Å². The average Bonchev–Trinajstić information content (AvgIpc) is 3.55. The Hall–Kier alpha value is -1.94. The molecule has 0 aromatic rings. The smallest absolute Gasteiger partial charge is 0.462 e.